The molecule has 4 heteroatoms. The molecule has 0 bridgehead atoms. The molecular weight excluding hydrogens is 302 g/mol. The first-order valence-corrected chi connectivity index (χ1v) is 8.13. The molecule has 2 heterocycles. The highest BCUT2D eigenvalue weighted by Crippen LogP contribution is 2.37. The largest absolute Gasteiger partial charge is 0.493 e. The number of hydrogen-bond acceptors (Lipinski definition) is 4. The zero-order chi connectivity index (χ0) is 16.5. The van der Waals surface area contributed by atoms with Crippen molar-refractivity contribution in [1.82, 2.24) is 4.98 Å². The normalized spacial score (nSPS) is 19.6. The first-order valence-electron chi connectivity index (χ1n) is 8.13. The Labute approximate surface area is 140 Å². The highest BCUT2D eigenvalue weighted by atomic mass is 16.5. The van der Waals surface area contributed by atoms with Crippen molar-refractivity contribution in [2.75, 3.05) is 6.61 Å². The molecule has 24 heavy (non-hydrogen) atoms. The van der Waals surface area contributed by atoms with Gasteiger partial charge in [0.05, 0.1) is 23.9 Å². The van der Waals surface area contributed by atoms with Crippen LogP contribution in [0.5, 0.6) is 11.5 Å². The molecule has 0 amide bonds. The summed E-state index contributed by atoms with van der Waals surface area (Å²) in [4.78, 5) is 4.61. The molecule has 3 aromatic rings. The van der Waals surface area contributed by atoms with Crippen molar-refractivity contribution in [2.45, 2.75) is 19.6 Å². The predicted molar refractivity (Wildman–Crippen MR) is 92.1 cm³/mol. The Balaban J connectivity index is 1.53. The van der Waals surface area contributed by atoms with E-state index in [4.69, 9.17) is 9.47 Å². The third-order valence-corrected chi connectivity index (χ3v) is 4.38. The van der Waals surface area contributed by atoms with Crippen LogP contribution < -0.4 is 9.47 Å². The summed E-state index contributed by atoms with van der Waals surface area (Å²) in [7, 11) is 0. The lowest BCUT2D eigenvalue weighted by Gasteiger charge is -2.28. The van der Waals surface area contributed by atoms with Gasteiger partial charge in [0.1, 0.15) is 18.1 Å². The quantitative estimate of drug-likeness (QED) is 0.795. The van der Waals surface area contributed by atoms with Gasteiger partial charge >= 0.3 is 0 Å². The Bertz CT molecular complexity index is 878. The third kappa shape index (κ3) is 2.81. The molecule has 0 fully saturated rings. The summed E-state index contributed by atoms with van der Waals surface area (Å²) < 4.78 is 11.5. The molecule has 0 aliphatic carbocycles. The second kappa shape index (κ2) is 6.13. The Morgan fingerprint density at radius 3 is 2.96 bits per heavy atom. The van der Waals surface area contributed by atoms with E-state index < -0.39 is 6.10 Å². The SMILES string of the molecule is CC1COc2ccc(OCc3ccc4ccccc4n3)cc2C1O. The zero-order valence-corrected chi connectivity index (χ0v) is 13.5. The molecule has 122 valence electrons. The number of benzene rings is 2. The molecule has 0 spiro atoms. The maximum absolute atomic E-state index is 10.3. The first kappa shape index (κ1) is 15.0. The number of pyridine rings is 1. The summed E-state index contributed by atoms with van der Waals surface area (Å²) in [6.45, 7) is 2.89. The van der Waals surface area contributed by atoms with E-state index in [1.54, 1.807) is 0 Å². The standard InChI is InChI=1S/C20H19NO3/c1-13-11-24-19-9-8-16(10-17(19)20(13)22)23-12-15-7-6-14-4-2-3-5-18(14)21-15/h2-10,13,20,22H,11-12H2,1H3. The minimum absolute atomic E-state index is 0.0786. The summed E-state index contributed by atoms with van der Waals surface area (Å²) in [6.07, 6.45) is -0.518. The second-order valence-electron chi connectivity index (χ2n) is 6.22. The molecule has 2 atom stereocenters. The van der Waals surface area contributed by atoms with Crippen LogP contribution in [0.2, 0.25) is 0 Å². The molecule has 1 aliphatic rings. The van der Waals surface area contributed by atoms with Crippen molar-refractivity contribution in [1.29, 1.82) is 0 Å². The molecule has 4 nitrogen and oxygen atoms in total. The van der Waals surface area contributed by atoms with Crippen molar-refractivity contribution in [2.24, 2.45) is 5.92 Å². The molecule has 0 saturated carbocycles. The fourth-order valence-corrected chi connectivity index (χ4v) is 2.94. The van der Waals surface area contributed by atoms with Crippen LogP contribution in [0.1, 0.15) is 24.3 Å². The lowest BCUT2D eigenvalue weighted by Crippen LogP contribution is -2.23. The van der Waals surface area contributed by atoms with Crippen molar-refractivity contribution in [3.63, 3.8) is 0 Å². The van der Waals surface area contributed by atoms with E-state index in [1.807, 2.05) is 61.5 Å². The predicted octanol–water partition coefficient (Wildman–Crippen LogP) is 3.88. The van der Waals surface area contributed by atoms with Crippen molar-refractivity contribution < 1.29 is 14.6 Å². The topological polar surface area (TPSA) is 51.6 Å². The summed E-state index contributed by atoms with van der Waals surface area (Å²) >= 11 is 0. The van der Waals surface area contributed by atoms with Crippen LogP contribution in [-0.2, 0) is 6.61 Å². The average molecular weight is 321 g/mol. The van der Waals surface area contributed by atoms with Gasteiger partial charge in [-0.3, -0.25) is 0 Å². The van der Waals surface area contributed by atoms with Gasteiger partial charge in [-0.25, -0.2) is 4.98 Å². The highest BCUT2D eigenvalue weighted by molar-refractivity contribution is 5.78. The van der Waals surface area contributed by atoms with E-state index in [0.717, 1.165) is 27.9 Å². The molecule has 2 aromatic carbocycles. The second-order valence-corrected chi connectivity index (χ2v) is 6.22. The summed E-state index contributed by atoms with van der Waals surface area (Å²) in [5, 5.41) is 11.4. The molecule has 1 aromatic heterocycles. The number of hydrogen-bond donors (Lipinski definition) is 1. The number of para-hydroxylation sites is 1. The van der Waals surface area contributed by atoms with Gasteiger partial charge in [0.2, 0.25) is 0 Å². The lowest BCUT2D eigenvalue weighted by atomic mass is 9.95. The van der Waals surface area contributed by atoms with Crippen LogP contribution in [-0.4, -0.2) is 16.7 Å². The van der Waals surface area contributed by atoms with Crippen LogP contribution in [0, 0.1) is 5.92 Å². The van der Waals surface area contributed by atoms with Gasteiger partial charge in [0.25, 0.3) is 0 Å². The van der Waals surface area contributed by atoms with Crippen LogP contribution in [0.15, 0.2) is 54.6 Å². The number of aliphatic hydroxyl groups is 1. The maximum atomic E-state index is 10.3. The summed E-state index contributed by atoms with van der Waals surface area (Å²) in [6, 6.07) is 17.6. The minimum atomic E-state index is -0.518. The van der Waals surface area contributed by atoms with E-state index in [9.17, 15) is 5.11 Å². The molecule has 1 N–H and O–H groups in total. The van der Waals surface area contributed by atoms with Crippen molar-refractivity contribution in [3.8, 4) is 11.5 Å². The van der Waals surface area contributed by atoms with Gasteiger partial charge < -0.3 is 14.6 Å². The van der Waals surface area contributed by atoms with Gasteiger partial charge in [-0.2, -0.15) is 0 Å². The number of ether oxygens (including phenoxy) is 2. The van der Waals surface area contributed by atoms with E-state index in [2.05, 4.69) is 4.98 Å². The Morgan fingerprint density at radius 2 is 2.04 bits per heavy atom. The average Bonchev–Trinajstić information content (AvgIpc) is 2.63. The fourth-order valence-electron chi connectivity index (χ4n) is 2.94. The zero-order valence-electron chi connectivity index (χ0n) is 13.5. The van der Waals surface area contributed by atoms with Gasteiger partial charge in [-0.05, 0) is 30.3 Å². The number of aromatic nitrogens is 1. The highest BCUT2D eigenvalue weighted by Gasteiger charge is 2.26. The van der Waals surface area contributed by atoms with Gasteiger partial charge in [0.15, 0.2) is 0 Å². The van der Waals surface area contributed by atoms with Crippen LogP contribution in [0.25, 0.3) is 10.9 Å². The first-order chi connectivity index (χ1) is 11.7. The lowest BCUT2D eigenvalue weighted by molar-refractivity contribution is 0.0600. The van der Waals surface area contributed by atoms with E-state index in [1.165, 1.54) is 0 Å². The number of nitrogens with zero attached hydrogens (tertiary/aromatic N) is 1. The Hall–Kier alpha value is -2.59. The van der Waals surface area contributed by atoms with E-state index >= 15 is 0 Å². The third-order valence-electron chi connectivity index (χ3n) is 4.38. The fraction of sp³-hybridized carbons (Fsp3) is 0.250. The summed E-state index contributed by atoms with van der Waals surface area (Å²) in [5.74, 6) is 1.52. The van der Waals surface area contributed by atoms with Crippen molar-refractivity contribution in [3.05, 3.63) is 65.9 Å². The molecule has 2 unspecified atom stereocenters. The summed E-state index contributed by atoms with van der Waals surface area (Å²) in [5.41, 5.74) is 2.62. The van der Waals surface area contributed by atoms with E-state index in [0.29, 0.717) is 19.0 Å². The number of aliphatic hydroxyl groups excluding tert-OH is 1. The smallest absolute Gasteiger partial charge is 0.130 e. The number of fused-ring (bicyclic) bond motifs is 2. The molecule has 1 aliphatic heterocycles. The Morgan fingerprint density at radius 1 is 1.17 bits per heavy atom. The van der Waals surface area contributed by atoms with Crippen LogP contribution in [0.4, 0.5) is 0 Å². The van der Waals surface area contributed by atoms with Gasteiger partial charge in [-0.15, -0.1) is 0 Å². The molecular formula is C20H19NO3. The van der Waals surface area contributed by atoms with Crippen LogP contribution in [0.3, 0.4) is 0 Å². The van der Waals surface area contributed by atoms with Gasteiger partial charge in [-0.1, -0.05) is 31.2 Å². The minimum Gasteiger partial charge on any atom is -0.493 e. The number of rotatable bonds is 3. The Kier molecular flexibility index (Phi) is 3.82. The van der Waals surface area contributed by atoms with Gasteiger partial charge in [0, 0.05) is 16.9 Å². The van der Waals surface area contributed by atoms with Crippen molar-refractivity contribution >= 4 is 10.9 Å². The maximum Gasteiger partial charge on any atom is 0.130 e. The monoisotopic (exact) mass is 321 g/mol. The molecule has 0 radical (unpaired) electrons. The molecule has 0 saturated heterocycles. The van der Waals surface area contributed by atoms with Crippen LogP contribution >= 0.6 is 0 Å². The molecule has 4 rings (SSSR count). The van der Waals surface area contributed by atoms with E-state index in [-0.39, 0.29) is 5.92 Å².